The van der Waals surface area contributed by atoms with Gasteiger partial charge in [-0.05, 0) is 35.1 Å². The maximum atomic E-state index is 13.6. The number of carbonyl (C=O) groups excluding carboxylic acids is 2. The normalized spacial score (nSPS) is 22.5. The Balaban J connectivity index is 1.16. The fraction of sp³-hybridized carbons (Fsp3) is 0.375. The fourth-order valence-corrected chi connectivity index (χ4v) is 7.66. The first-order chi connectivity index (χ1) is 18.3. The highest BCUT2D eigenvalue weighted by Gasteiger charge is 2.45. The van der Waals surface area contributed by atoms with E-state index in [-0.39, 0.29) is 35.8 Å². The van der Waals surface area contributed by atoms with Crippen molar-refractivity contribution in [3.05, 3.63) is 89.5 Å². The van der Waals surface area contributed by atoms with Crippen molar-refractivity contribution in [2.45, 2.75) is 50.5 Å². The molecule has 196 valence electrons. The number of carbonyl (C=O) groups is 2. The SMILES string of the molecule is C[Si](C)(C)c1cccc(C(=O)C2CC3COCC(C2)N3C(=O)OCC2c3ccccc3-c3ccccc32)c1. The Morgan fingerprint density at radius 2 is 1.47 bits per heavy atom. The molecule has 0 N–H and O–H groups in total. The van der Waals surface area contributed by atoms with Gasteiger partial charge in [0.2, 0.25) is 0 Å². The maximum Gasteiger partial charge on any atom is 0.410 e. The minimum absolute atomic E-state index is 0.0280. The van der Waals surface area contributed by atoms with Gasteiger partial charge in [0.1, 0.15) is 6.61 Å². The number of amides is 1. The number of fused-ring (bicyclic) bond motifs is 5. The van der Waals surface area contributed by atoms with E-state index in [1.54, 1.807) is 0 Å². The molecule has 2 fully saturated rings. The van der Waals surface area contributed by atoms with E-state index < -0.39 is 8.07 Å². The Labute approximate surface area is 225 Å². The summed E-state index contributed by atoms with van der Waals surface area (Å²) in [7, 11) is -1.52. The van der Waals surface area contributed by atoms with Gasteiger partial charge in [-0.15, -0.1) is 0 Å². The van der Waals surface area contributed by atoms with Crippen LogP contribution < -0.4 is 5.19 Å². The molecule has 38 heavy (non-hydrogen) atoms. The minimum Gasteiger partial charge on any atom is -0.448 e. The van der Waals surface area contributed by atoms with Gasteiger partial charge in [0, 0.05) is 17.4 Å². The lowest BCUT2D eigenvalue weighted by atomic mass is 9.81. The summed E-state index contributed by atoms with van der Waals surface area (Å²) in [4.78, 5) is 28.9. The summed E-state index contributed by atoms with van der Waals surface area (Å²) in [6, 6.07) is 24.6. The lowest BCUT2D eigenvalue weighted by Gasteiger charge is -2.47. The van der Waals surface area contributed by atoms with Gasteiger partial charge in [0.05, 0.1) is 33.4 Å². The molecule has 3 aromatic carbocycles. The highest BCUT2D eigenvalue weighted by Crippen LogP contribution is 2.44. The van der Waals surface area contributed by atoms with Gasteiger partial charge in [-0.25, -0.2) is 4.79 Å². The number of ether oxygens (including phenoxy) is 2. The molecule has 2 atom stereocenters. The summed E-state index contributed by atoms with van der Waals surface area (Å²) in [5.74, 6) is 0.109. The fourth-order valence-electron chi connectivity index (χ4n) is 6.47. The summed E-state index contributed by atoms with van der Waals surface area (Å²) in [5, 5.41) is 1.29. The van der Waals surface area contributed by atoms with Crippen LogP contribution in [0.1, 0.15) is 40.2 Å². The lowest BCUT2D eigenvalue weighted by molar-refractivity contribution is -0.0747. The Hall–Kier alpha value is -3.22. The van der Waals surface area contributed by atoms with Gasteiger partial charge in [-0.2, -0.15) is 0 Å². The van der Waals surface area contributed by atoms with E-state index in [0.717, 1.165) is 5.56 Å². The predicted molar refractivity (Wildman–Crippen MR) is 152 cm³/mol. The van der Waals surface area contributed by atoms with Crippen LogP contribution in [0.5, 0.6) is 0 Å². The average molecular weight is 526 g/mol. The van der Waals surface area contributed by atoms with Crippen LogP contribution in [0.3, 0.4) is 0 Å². The second-order valence-electron chi connectivity index (χ2n) is 11.9. The molecule has 6 rings (SSSR count). The molecule has 2 saturated heterocycles. The molecule has 3 aliphatic rings. The molecule has 1 amide bonds. The van der Waals surface area contributed by atoms with Crippen molar-refractivity contribution < 1.29 is 19.1 Å². The number of hydrogen-bond acceptors (Lipinski definition) is 4. The molecular weight excluding hydrogens is 490 g/mol. The van der Waals surface area contributed by atoms with Crippen LogP contribution in [0, 0.1) is 5.92 Å². The van der Waals surface area contributed by atoms with Crippen molar-refractivity contribution in [2.75, 3.05) is 19.8 Å². The largest absolute Gasteiger partial charge is 0.448 e. The third-order valence-electron chi connectivity index (χ3n) is 8.45. The quantitative estimate of drug-likeness (QED) is 0.310. The molecule has 2 heterocycles. The third kappa shape index (κ3) is 4.50. The molecule has 5 nitrogen and oxygen atoms in total. The average Bonchev–Trinajstić information content (AvgIpc) is 3.24. The molecule has 6 heteroatoms. The first kappa shape index (κ1) is 25.1. The van der Waals surface area contributed by atoms with Crippen LogP contribution in [-0.4, -0.2) is 56.8 Å². The Bertz CT molecular complexity index is 1320. The van der Waals surface area contributed by atoms with Crippen molar-refractivity contribution in [3.63, 3.8) is 0 Å². The molecule has 2 unspecified atom stereocenters. The molecule has 0 saturated carbocycles. The zero-order valence-corrected chi connectivity index (χ0v) is 23.4. The smallest absolute Gasteiger partial charge is 0.410 e. The van der Waals surface area contributed by atoms with E-state index in [0.29, 0.717) is 32.7 Å². The van der Waals surface area contributed by atoms with Crippen LogP contribution in [0.15, 0.2) is 72.8 Å². The molecule has 0 spiro atoms. The molecule has 3 aromatic rings. The zero-order valence-electron chi connectivity index (χ0n) is 22.4. The van der Waals surface area contributed by atoms with Gasteiger partial charge in [-0.1, -0.05) is 97.6 Å². The number of nitrogens with zero attached hydrogens (tertiary/aromatic N) is 1. The molecule has 0 aromatic heterocycles. The number of benzene rings is 3. The van der Waals surface area contributed by atoms with Crippen LogP contribution in [0.2, 0.25) is 19.6 Å². The summed E-state index contributed by atoms with van der Waals surface area (Å²) in [6.45, 7) is 8.08. The molecule has 2 aliphatic heterocycles. The summed E-state index contributed by atoms with van der Waals surface area (Å²) in [6.07, 6.45) is 0.921. The summed E-state index contributed by atoms with van der Waals surface area (Å²) < 4.78 is 11.8. The zero-order chi connectivity index (χ0) is 26.4. The van der Waals surface area contributed by atoms with E-state index >= 15 is 0 Å². The first-order valence-corrected chi connectivity index (χ1v) is 17.2. The predicted octanol–water partition coefficient (Wildman–Crippen LogP) is 5.84. The Kier molecular flexibility index (Phi) is 6.48. The van der Waals surface area contributed by atoms with Crippen molar-refractivity contribution in [3.8, 4) is 11.1 Å². The highest BCUT2D eigenvalue weighted by molar-refractivity contribution is 6.88. The molecule has 0 radical (unpaired) electrons. The molecule has 2 bridgehead atoms. The highest BCUT2D eigenvalue weighted by atomic mass is 28.3. The van der Waals surface area contributed by atoms with Gasteiger partial charge >= 0.3 is 6.09 Å². The number of Topliss-reactive ketones (excluding diaryl/α,β-unsaturated/α-hetero) is 1. The van der Waals surface area contributed by atoms with Crippen LogP contribution >= 0.6 is 0 Å². The monoisotopic (exact) mass is 525 g/mol. The molecular formula is C32H35NO4Si. The van der Waals surface area contributed by atoms with Gasteiger partial charge < -0.3 is 9.47 Å². The number of hydrogen-bond donors (Lipinski definition) is 0. The van der Waals surface area contributed by atoms with Crippen LogP contribution in [0.4, 0.5) is 4.79 Å². The lowest BCUT2D eigenvalue weighted by Crippen LogP contribution is -2.60. The summed E-state index contributed by atoms with van der Waals surface area (Å²) in [5.41, 5.74) is 5.63. The van der Waals surface area contributed by atoms with Crippen molar-refractivity contribution in [2.24, 2.45) is 5.92 Å². The van der Waals surface area contributed by atoms with E-state index in [9.17, 15) is 9.59 Å². The van der Waals surface area contributed by atoms with Gasteiger partial charge in [-0.3, -0.25) is 9.69 Å². The van der Waals surface area contributed by atoms with Gasteiger partial charge in [0.15, 0.2) is 5.78 Å². The third-order valence-corrected chi connectivity index (χ3v) is 10.5. The second kappa shape index (κ2) is 9.82. The van der Waals surface area contributed by atoms with Crippen molar-refractivity contribution >= 4 is 25.1 Å². The number of piperidine rings is 1. The van der Waals surface area contributed by atoms with E-state index in [1.807, 2.05) is 29.2 Å². The van der Waals surface area contributed by atoms with Gasteiger partial charge in [0.25, 0.3) is 0 Å². The van der Waals surface area contributed by atoms with E-state index in [1.165, 1.54) is 27.4 Å². The Morgan fingerprint density at radius 3 is 2.08 bits per heavy atom. The number of ketones is 1. The minimum atomic E-state index is -1.52. The van der Waals surface area contributed by atoms with Crippen molar-refractivity contribution in [1.82, 2.24) is 4.90 Å². The standard InChI is InChI=1S/C32H35NO4Si/c1-38(2,3)25-10-8-9-21(17-25)31(34)22-15-23-18-36-19-24(16-22)33(23)32(35)37-20-30-28-13-6-4-11-26(28)27-12-5-7-14-29(27)30/h4-14,17,22-24,30H,15-16,18-20H2,1-3H3. The summed E-state index contributed by atoms with van der Waals surface area (Å²) >= 11 is 0. The Morgan fingerprint density at radius 1 is 0.868 bits per heavy atom. The van der Waals surface area contributed by atoms with E-state index in [4.69, 9.17) is 9.47 Å². The van der Waals surface area contributed by atoms with Crippen LogP contribution in [0.25, 0.3) is 11.1 Å². The second-order valence-corrected chi connectivity index (χ2v) is 17.0. The van der Waals surface area contributed by atoms with Crippen LogP contribution in [-0.2, 0) is 9.47 Å². The van der Waals surface area contributed by atoms with E-state index in [2.05, 4.69) is 68.2 Å². The first-order valence-electron chi connectivity index (χ1n) is 13.7. The number of rotatable bonds is 5. The van der Waals surface area contributed by atoms with Crippen molar-refractivity contribution in [1.29, 1.82) is 0 Å². The molecule has 1 aliphatic carbocycles. The topological polar surface area (TPSA) is 55.8 Å². The number of morpholine rings is 1. The maximum absolute atomic E-state index is 13.6.